The van der Waals surface area contributed by atoms with Crippen LogP contribution in [-0.2, 0) is 21.5 Å². The van der Waals surface area contributed by atoms with Gasteiger partial charge in [-0.3, -0.25) is 9.52 Å². The predicted molar refractivity (Wildman–Crippen MR) is 168 cm³/mol. The highest BCUT2D eigenvalue weighted by Crippen LogP contribution is 2.47. The molecule has 0 radical (unpaired) electrons. The molecule has 2 aliphatic heterocycles. The fraction of sp³-hybridized carbons (Fsp3) is 0.576. The molecular weight excluding hydrogens is 556 g/mol. The molecule has 1 unspecified atom stereocenters. The second-order valence-corrected chi connectivity index (χ2v) is 16.0. The Labute approximate surface area is 249 Å². The molecule has 2 N–H and O–H groups in total. The molecule has 222 valence electrons. The number of ether oxygens (including phenoxy) is 1. The first-order chi connectivity index (χ1) is 19.5. The van der Waals surface area contributed by atoms with E-state index in [1.807, 2.05) is 18.2 Å². The van der Waals surface area contributed by atoms with Gasteiger partial charge in [-0.25, -0.2) is 4.21 Å². The number of hydrogen-bond acceptors (Lipinski definition) is 5. The fourth-order valence-corrected chi connectivity index (χ4v) is 9.82. The lowest BCUT2D eigenvalue weighted by Gasteiger charge is -2.46. The molecule has 41 heavy (non-hydrogen) atoms. The summed E-state index contributed by atoms with van der Waals surface area (Å²) >= 11 is 6.40. The van der Waals surface area contributed by atoms with Crippen molar-refractivity contribution in [3.63, 3.8) is 0 Å². The van der Waals surface area contributed by atoms with Gasteiger partial charge in [0.05, 0.1) is 18.4 Å². The molecule has 1 fully saturated rings. The van der Waals surface area contributed by atoms with Crippen LogP contribution in [0.2, 0.25) is 5.02 Å². The van der Waals surface area contributed by atoms with Crippen LogP contribution in [0.15, 0.2) is 36.4 Å². The number of aryl methyl sites for hydroxylation is 1. The number of benzene rings is 2. The summed E-state index contributed by atoms with van der Waals surface area (Å²) in [6, 6.07) is 11.8. The van der Waals surface area contributed by atoms with Gasteiger partial charge in [0.2, 0.25) is 0 Å². The number of nitrogens with one attached hydrogen (secondary N) is 1. The molecular formula is C33H43ClN2O4S. The van der Waals surface area contributed by atoms with Gasteiger partial charge in [0.1, 0.15) is 5.75 Å². The zero-order valence-corrected chi connectivity index (χ0v) is 25.8. The van der Waals surface area contributed by atoms with Gasteiger partial charge in [0, 0.05) is 44.6 Å². The minimum Gasteiger partial charge on any atom is -0.490 e. The van der Waals surface area contributed by atoms with Gasteiger partial charge < -0.3 is 14.7 Å². The summed E-state index contributed by atoms with van der Waals surface area (Å²) in [6.07, 6.45) is 6.42. The van der Waals surface area contributed by atoms with Gasteiger partial charge in [0.15, 0.2) is 0 Å². The highest BCUT2D eigenvalue weighted by atomic mass is 35.5. The van der Waals surface area contributed by atoms with E-state index in [0.717, 1.165) is 74.5 Å². The summed E-state index contributed by atoms with van der Waals surface area (Å²) < 4.78 is 22.7. The maximum Gasteiger partial charge on any atom is 0.262 e. The van der Waals surface area contributed by atoms with Crippen LogP contribution in [-0.4, -0.2) is 52.6 Å². The molecule has 0 saturated heterocycles. The van der Waals surface area contributed by atoms with E-state index in [-0.39, 0.29) is 29.3 Å². The largest absolute Gasteiger partial charge is 0.490 e. The van der Waals surface area contributed by atoms with Crippen LogP contribution in [0.1, 0.15) is 73.9 Å². The third-order valence-corrected chi connectivity index (χ3v) is 11.9. The number of fused-ring (bicyclic) bond motifs is 4. The summed E-state index contributed by atoms with van der Waals surface area (Å²) in [5.74, 6) is 5.65. The summed E-state index contributed by atoms with van der Waals surface area (Å²) in [5.41, 5.74) is 3.73. The topological polar surface area (TPSA) is 78.9 Å². The molecule has 1 amide bonds. The standard InChI is InChI=1S/C33H43ClN2O4S/c1-21-13-22(2)18-41(3,39)35-32(38)24-7-11-31-29(16-24)36(17-25-6-9-27(25)30(37)14-21)19-33(20-40-31)12-4-5-23-15-26(34)8-10-28(23)33/h7-8,10-11,15-16,21-22,25,27,30,37H,3-6,9,12-14,17-20H2,1-2H3,(H,35,38,39)/t21-,22-,25+,27-,30+,33+,41?/m1/s1. The molecule has 1 spiro atoms. The second-order valence-electron chi connectivity index (χ2n) is 13.4. The monoisotopic (exact) mass is 598 g/mol. The van der Waals surface area contributed by atoms with E-state index < -0.39 is 9.71 Å². The maximum atomic E-state index is 13.4. The molecule has 2 aromatic rings. The van der Waals surface area contributed by atoms with Crippen molar-refractivity contribution >= 4 is 38.8 Å². The van der Waals surface area contributed by atoms with Crippen molar-refractivity contribution in [2.45, 2.75) is 70.3 Å². The van der Waals surface area contributed by atoms with Crippen LogP contribution >= 0.6 is 11.6 Å². The number of carbonyl (C=O) groups is 1. The molecule has 2 bridgehead atoms. The molecule has 4 aliphatic rings. The summed E-state index contributed by atoms with van der Waals surface area (Å²) in [4.78, 5) is 15.8. The van der Waals surface area contributed by atoms with E-state index in [2.05, 4.69) is 41.5 Å². The van der Waals surface area contributed by atoms with E-state index in [9.17, 15) is 14.1 Å². The van der Waals surface area contributed by atoms with Gasteiger partial charge in [-0.05, 0) is 116 Å². The number of aliphatic hydroxyl groups is 1. The van der Waals surface area contributed by atoms with Gasteiger partial charge in [-0.1, -0.05) is 31.5 Å². The first-order valence-electron chi connectivity index (χ1n) is 15.2. The Morgan fingerprint density at radius 3 is 2.76 bits per heavy atom. The average molecular weight is 599 g/mol. The van der Waals surface area contributed by atoms with Gasteiger partial charge in [-0.15, -0.1) is 0 Å². The number of anilines is 1. The van der Waals surface area contributed by atoms with E-state index >= 15 is 0 Å². The number of halogens is 1. The number of hydrogen-bond donors (Lipinski definition) is 2. The number of amides is 1. The second kappa shape index (κ2) is 11.1. The number of carbonyl (C=O) groups excluding carboxylic acids is 1. The van der Waals surface area contributed by atoms with Crippen LogP contribution in [0.25, 0.3) is 0 Å². The lowest BCUT2D eigenvalue weighted by atomic mass is 9.67. The zero-order chi connectivity index (χ0) is 28.9. The minimum absolute atomic E-state index is 0.118. The molecule has 2 aromatic carbocycles. The smallest absolute Gasteiger partial charge is 0.262 e. The third kappa shape index (κ3) is 5.87. The summed E-state index contributed by atoms with van der Waals surface area (Å²) in [7, 11) is -2.82. The highest BCUT2D eigenvalue weighted by molar-refractivity contribution is 7.99. The average Bonchev–Trinajstić information content (AvgIpc) is 3.02. The van der Waals surface area contributed by atoms with Crippen molar-refractivity contribution in [3.05, 3.63) is 58.1 Å². The molecule has 7 atom stereocenters. The fourth-order valence-electron chi connectivity index (χ4n) is 8.03. The summed E-state index contributed by atoms with van der Waals surface area (Å²) in [6.45, 7) is 6.33. The van der Waals surface area contributed by atoms with Crippen LogP contribution < -0.4 is 14.4 Å². The van der Waals surface area contributed by atoms with Crippen LogP contribution in [0, 0.1) is 23.7 Å². The van der Waals surface area contributed by atoms with Gasteiger partial charge in [0.25, 0.3) is 5.91 Å². The lowest BCUT2D eigenvalue weighted by Crippen LogP contribution is -2.49. The Hall–Kier alpha value is -2.22. The summed E-state index contributed by atoms with van der Waals surface area (Å²) in [5, 5.41) is 12.1. The van der Waals surface area contributed by atoms with E-state index in [1.165, 1.54) is 11.1 Å². The van der Waals surface area contributed by atoms with Crippen LogP contribution in [0.5, 0.6) is 5.75 Å². The van der Waals surface area contributed by atoms with Crippen molar-refractivity contribution in [2.75, 3.05) is 30.3 Å². The third-order valence-electron chi connectivity index (χ3n) is 10.0. The van der Waals surface area contributed by atoms with Crippen LogP contribution in [0.4, 0.5) is 5.69 Å². The first kappa shape index (κ1) is 28.9. The number of rotatable bonds is 0. The van der Waals surface area contributed by atoms with Crippen LogP contribution in [0.3, 0.4) is 0 Å². The molecule has 2 aliphatic carbocycles. The Bertz CT molecular complexity index is 1430. The Morgan fingerprint density at radius 1 is 1.15 bits per heavy atom. The molecule has 2 heterocycles. The Kier molecular flexibility index (Phi) is 7.84. The van der Waals surface area contributed by atoms with E-state index in [1.54, 1.807) is 6.07 Å². The maximum absolute atomic E-state index is 13.4. The lowest BCUT2D eigenvalue weighted by molar-refractivity contribution is 0.000594. The molecule has 6 nitrogen and oxygen atoms in total. The van der Waals surface area contributed by atoms with E-state index in [0.29, 0.717) is 29.8 Å². The Morgan fingerprint density at radius 2 is 1.98 bits per heavy atom. The van der Waals surface area contributed by atoms with Crippen molar-refractivity contribution in [1.29, 1.82) is 0 Å². The SMILES string of the molecule is C=S1(=O)C[C@H](C)C[C@@H](C)C[C@H](O)[C@@H]2CC[C@H]2CN2C[C@@]3(CCCc4cc(Cl)ccc43)COc3ccc(cc32)C(=O)N1. The quantitative estimate of drug-likeness (QED) is 0.385. The molecule has 8 heteroatoms. The minimum atomic E-state index is -2.82. The molecule has 1 saturated carbocycles. The normalized spacial score (nSPS) is 35.8. The van der Waals surface area contributed by atoms with Gasteiger partial charge >= 0.3 is 0 Å². The molecule has 0 aromatic heterocycles. The number of nitrogens with zero attached hydrogens (tertiary/aromatic N) is 1. The Balaban J connectivity index is 1.41. The van der Waals surface area contributed by atoms with Crippen molar-refractivity contribution in [3.8, 4) is 5.75 Å². The predicted octanol–water partition coefficient (Wildman–Crippen LogP) is 5.63. The zero-order valence-electron chi connectivity index (χ0n) is 24.2. The van der Waals surface area contributed by atoms with Gasteiger partial charge in [-0.2, -0.15) is 0 Å². The van der Waals surface area contributed by atoms with E-state index in [4.69, 9.17) is 16.3 Å². The first-order valence-corrected chi connectivity index (χ1v) is 17.5. The highest BCUT2D eigenvalue weighted by Gasteiger charge is 2.44. The van der Waals surface area contributed by atoms with Crippen molar-refractivity contribution in [2.24, 2.45) is 23.7 Å². The number of aliphatic hydroxyl groups excluding tert-OH is 1. The van der Waals surface area contributed by atoms with Crippen molar-refractivity contribution < 1.29 is 18.8 Å². The van der Waals surface area contributed by atoms with Crippen molar-refractivity contribution in [1.82, 2.24) is 4.72 Å². The molecule has 6 rings (SSSR count).